The van der Waals surface area contributed by atoms with Gasteiger partial charge in [-0.15, -0.1) is 11.8 Å². The maximum Gasteiger partial charge on any atom is 0.231 e. The minimum absolute atomic E-state index is 0.135. The van der Waals surface area contributed by atoms with E-state index in [1.54, 1.807) is 11.8 Å². The molecular formula is C16H11Cl2NOS. The minimum atomic E-state index is -0.135. The molecule has 3 rings (SSSR count). The number of fused-ring (bicyclic) bond motifs is 1. The number of rotatable bonds is 3. The maximum absolute atomic E-state index is 9.86. The molecule has 0 saturated heterocycles. The van der Waals surface area contributed by atoms with Crippen molar-refractivity contribution in [3.8, 4) is 5.88 Å². The summed E-state index contributed by atoms with van der Waals surface area (Å²) in [5, 5.41) is 13.4. The predicted octanol–water partition coefficient (Wildman–Crippen LogP) is 5.54. The number of pyridine rings is 1. The van der Waals surface area contributed by atoms with E-state index in [2.05, 4.69) is 4.98 Å². The van der Waals surface area contributed by atoms with E-state index >= 15 is 0 Å². The number of thioether (sulfide) groups is 1. The second-order valence-corrected chi connectivity index (χ2v) is 6.30. The second-order valence-electron chi connectivity index (χ2n) is 4.52. The third kappa shape index (κ3) is 3.10. The second kappa shape index (κ2) is 6.14. The van der Waals surface area contributed by atoms with Crippen LogP contribution in [0.25, 0.3) is 10.8 Å². The van der Waals surface area contributed by atoms with Crippen LogP contribution in [0.2, 0.25) is 10.0 Å². The first-order valence-corrected chi connectivity index (χ1v) is 8.04. The predicted molar refractivity (Wildman–Crippen MR) is 89.4 cm³/mol. The monoisotopic (exact) mass is 335 g/mol. The van der Waals surface area contributed by atoms with Crippen molar-refractivity contribution >= 4 is 45.7 Å². The summed E-state index contributed by atoms with van der Waals surface area (Å²) in [6.45, 7) is 0. The molecule has 1 aromatic heterocycles. The zero-order valence-electron chi connectivity index (χ0n) is 10.9. The molecule has 0 atom stereocenters. The van der Waals surface area contributed by atoms with E-state index in [-0.39, 0.29) is 10.9 Å². The molecule has 0 aliphatic carbocycles. The molecule has 0 aliphatic heterocycles. The molecule has 2 nitrogen and oxygen atoms in total. The molecule has 21 heavy (non-hydrogen) atoms. The van der Waals surface area contributed by atoms with Crippen LogP contribution in [0.1, 0.15) is 5.56 Å². The summed E-state index contributed by atoms with van der Waals surface area (Å²) in [6.07, 6.45) is 0. The van der Waals surface area contributed by atoms with Crippen LogP contribution < -0.4 is 0 Å². The first-order chi connectivity index (χ1) is 10.1. The Morgan fingerprint density at radius 3 is 2.52 bits per heavy atom. The van der Waals surface area contributed by atoms with Crippen LogP contribution in [0.3, 0.4) is 0 Å². The lowest BCUT2D eigenvalue weighted by atomic mass is 10.2. The molecule has 1 N–H and O–H groups in total. The van der Waals surface area contributed by atoms with Gasteiger partial charge < -0.3 is 5.11 Å². The van der Waals surface area contributed by atoms with E-state index in [4.69, 9.17) is 23.2 Å². The van der Waals surface area contributed by atoms with Gasteiger partial charge in [-0.05, 0) is 17.7 Å². The number of benzene rings is 2. The maximum atomic E-state index is 9.86. The van der Waals surface area contributed by atoms with E-state index in [0.29, 0.717) is 5.02 Å². The zero-order chi connectivity index (χ0) is 14.8. The van der Waals surface area contributed by atoms with E-state index in [1.165, 1.54) is 0 Å². The number of aromatic nitrogens is 1. The van der Waals surface area contributed by atoms with Crippen LogP contribution in [0, 0.1) is 0 Å². The average Bonchev–Trinajstić information content (AvgIpc) is 2.50. The van der Waals surface area contributed by atoms with Crippen LogP contribution in [-0.4, -0.2) is 10.1 Å². The van der Waals surface area contributed by atoms with Crippen LogP contribution >= 0.6 is 35.0 Å². The van der Waals surface area contributed by atoms with Gasteiger partial charge in [-0.25, -0.2) is 4.98 Å². The fraction of sp³-hybridized carbons (Fsp3) is 0.0625. The Bertz CT molecular complexity index is 807. The van der Waals surface area contributed by atoms with Crippen molar-refractivity contribution in [3.63, 3.8) is 0 Å². The van der Waals surface area contributed by atoms with Gasteiger partial charge in [0.25, 0.3) is 0 Å². The molecule has 2 aromatic carbocycles. The summed E-state index contributed by atoms with van der Waals surface area (Å²) < 4.78 is 0. The SMILES string of the molecule is Oc1nc(SCc2cccc(Cl)c2)c2ccccc2c1Cl. The van der Waals surface area contributed by atoms with Gasteiger partial charge in [-0.2, -0.15) is 0 Å². The normalized spacial score (nSPS) is 11.0. The Morgan fingerprint density at radius 2 is 1.76 bits per heavy atom. The molecule has 0 spiro atoms. The fourth-order valence-corrected chi connectivity index (χ4v) is 3.46. The van der Waals surface area contributed by atoms with Crippen molar-refractivity contribution in [1.29, 1.82) is 0 Å². The highest BCUT2D eigenvalue weighted by Gasteiger charge is 2.12. The largest absolute Gasteiger partial charge is 0.492 e. The van der Waals surface area contributed by atoms with Crippen LogP contribution in [0.5, 0.6) is 5.88 Å². The molecule has 0 amide bonds. The quantitative estimate of drug-likeness (QED) is 0.638. The molecule has 0 unspecified atom stereocenters. The lowest BCUT2D eigenvalue weighted by Gasteiger charge is -2.08. The van der Waals surface area contributed by atoms with E-state index in [1.807, 2.05) is 48.5 Å². The van der Waals surface area contributed by atoms with Gasteiger partial charge in [0.1, 0.15) is 10.0 Å². The number of nitrogens with zero attached hydrogens (tertiary/aromatic N) is 1. The molecule has 0 bridgehead atoms. The lowest BCUT2D eigenvalue weighted by Crippen LogP contribution is -1.88. The highest BCUT2D eigenvalue weighted by Crippen LogP contribution is 2.37. The summed E-state index contributed by atoms with van der Waals surface area (Å²) >= 11 is 13.6. The minimum Gasteiger partial charge on any atom is -0.492 e. The first kappa shape index (κ1) is 14.5. The van der Waals surface area contributed by atoms with E-state index in [9.17, 15) is 5.11 Å². The summed E-state index contributed by atoms with van der Waals surface area (Å²) in [5.41, 5.74) is 1.10. The van der Waals surface area contributed by atoms with Crippen LogP contribution in [-0.2, 0) is 5.75 Å². The molecule has 106 valence electrons. The number of halogens is 2. The fourth-order valence-electron chi connectivity index (χ4n) is 2.08. The molecule has 0 fully saturated rings. The van der Waals surface area contributed by atoms with E-state index in [0.717, 1.165) is 27.1 Å². The van der Waals surface area contributed by atoms with E-state index < -0.39 is 0 Å². The zero-order valence-corrected chi connectivity index (χ0v) is 13.2. The van der Waals surface area contributed by atoms with Gasteiger partial charge in [0, 0.05) is 21.5 Å². The highest BCUT2D eigenvalue weighted by atomic mass is 35.5. The standard InChI is InChI=1S/C16H11Cl2NOS/c17-11-5-3-4-10(8-11)9-21-16-13-7-2-1-6-12(13)14(18)15(20)19-16/h1-8H,9H2,(H,19,20). The summed E-state index contributed by atoms with van der Waals surface area (Å²) in [7, 11) is 0. The Balaban J connectivity index is 1.96. The van der Waals surface area contributed by atoms with Gasteiger partial charge in [0.05, 0.1) is 0 Å². The van der Waals surface area contributed by atoms with Crippen molar-refractivity contribution in [2.24, 2.45) is 0 Å². The molecular weight excluding hydrogens is 325 g/mol. The van der Waals surface area contributed by atoms with Crippen LogP contribution in [0.15, 0.2) is 53.6 Å². The number of hydrogen-bond donors (Lipinski definition) is 1. The van der Waals surface area contributed by atoms with Crippen molar-refractivity contribution in [3.05, 3.63) is 64.1 Å². The summed E-state index contributed by atoms with van der Waals surface area (Å²) in [5.74, 6) is 0.586. The molecule has 5 heteroatoms. The Morgan fingerprint density at radius 1 is 1.00 bits per heavy atom. The van der Waals surface area contributed by atoms with Crippen molar-refractivity contribution in [1.82, 2.24) is 4.98 Å². The topological polar surface area (TPSA) is 33.1 Å². The van der Waals surface area contributed by atoms with Gasteiger partial charge >= 0.3 is 0 Å². The molecule has 1 heterocycles. The molecule has 3 aromatic rings. The lowest BCUT2D eigenvalue weighted by molar-refractivity contribution is 0.450. The highest BCUT2D eigenvalue weighted by molar-refractivity contribution is 7.98. The van der Waals surface area contributed by atoms with Crippen molar-refractivity contribution < 1.29 is 5.11 Å². The first-order valence-electron chi connectivity index (χ1n) is 6.29. The summed E-state index contributed by atoms with van der Waals surface area (Å²) in [4.78, 5) is 4.19. The van der Waals surface area contributed by atoms with Gasteiger partial charge in [-0.1, -0.05) is 59.6 Å². The van der Waals surface area contributed by atoms with Crippen molar-refractivity contribution in [2.45, 2.75) is 10.8 Å². The Kier molecular flexibility index (Phi) is 4.24. The molecule has 0 aliphatic rings. The molecule has 0 saturated carbocycles. The van der Waals surface area contributed by atoms with Gasteiger partial charge in [0.15, 0.2) is 0 Å². The van der Waals surface area contributed by atoms with Crippen LogP contribution in [0.4, 0.5) is 0 Å². The average molecular weight is 336 g/mol. The Labute approximate surface area is 136 Å². The van der Waals surface area contributed by atoms with Crippen molar-refractivity contribution in [2.75, 3.05) is 0 Å². The number of aromatic hydroxyl groups is 1. The molecule has 0 radical (unpaired) electrons. The smallest absolute Gasteiger partial charge is 0.231 e. The third-order valence-corrected chi connectivity index (χ3v) is 4.73. The third-order valence-electron chi connectivity index (χ3n) is 3.06. The number of hydrogen-bond acceptors (Lipinski definition) is 3. The van der Waals surface area contributed by atoms with Gasteiger partial charge in [-0.3, -0.25) is 0 Å². The van der Waals surface area contributed by atoms with Gasteiger partial charge in [0.2, 0.25) is 5.88 Å². The summed E-state index contributed by atoms with van der Waals surface area (Å²) in [6, 6.07) is 15.3. The Hall–Kier alpha value is -1.42.